The van der Waals surface area contributed by atoms with Crippen molar-refractivity contribution >= 4 is 16.8 Å². The van der Waals surface area contributed by atoms with E-state index in [1.165, 1.54) is 12.3 Å². The summed E-state index contributed by atoms with van der Waals surface area (Å²) in [5, 5.41) is 18.6. The third-order valence-corrected chi connectivity index (χ3v) is 5.45. The van der Waals surface area contributed by atoms with Crippen molar-refractivity contribution in [3.05, 3.63) is 101 Å². The van der Waals surface area contributed by atoms with Gasteiger partial charge in [0.05, 0.1) is 28.7 Å². The molecule has 0 fully saturated rings. The van der Waals surface area contributed by atoms with Crippen molar-refractivity contribution in [3.8, 4) is 0 Å². The second kappa shape index (κ2) is 8.29. The van der Waals surface area contributed by atoms with Gasteiger partial charge in [0.2, 0.25) is 5.91 Å². The number of allylic oxidation sites excluding steroid dienone is 3. The van der Waals surface area contributed by atoms with Crippen molar-refractivity contribution < 1.29 is 9.18 Å². The highest BCUT2D eigenvalue weighted by Gasteiger charge is 2.29. The van der Waals surface area contributed by atoms with Gasteiger partial charge in [-0.15, -0.1) is 0 Å². The van der Waals surface area contributed by atoms with E-state index < -0.39 is 18.0 Å². The fourth-order valence-corrected chi connectivity index (χ4v) is 3.94. The zero-order chi connectivity index (χ0) is 22.1. The first-order valence-corrected chi connectivity index (χ1v) is 10.2. The van der Waals surface area contributed by atoms with Gasteiger partial charge in [-0.3, -0.25) is 15.4 Å². The lowest BCUT2D eigenvalue weighted by molar-refractivity contribution is 0.100. The molecule has 162 valence electrons. The number of nitrogens with one attached hydrogen (secondary N) is 4. The summed E-state index contributed by atoms with van der Waals surface area (Å²) in [6.45, 7) is 0.636. The van der Waals surface area contributed by atoms with E-state index in [2.05, 4.69) is 38.5 Å². The van der Waals surface area contributed by atoms with Crippen LogP contribution in [0.3, 0.4) is 0 Å². The molecule has 0 spiro atoms. The summed E-state index contributed by atoms with van der Waals surface area (Å²) in [6.07, 6.45) is 8.40. The zero-order valence-corrected chi connectivity index (χ0v) is 17.0. The fraction of sp³-hybridized carbons (Fsp3) is 0.130. The number of hydrogen-bond acceptors (Lipinski definition) is 6. The standard InChI is InChI=1S/C23H22FN7O/c24-15-10-16(21(25)32)17-13-28-31(19(17)11-15)23-29-18-8-4-5-9-26-20(18)22(30-23)27-12-14-6-2-1-3-7-14/h1-11,13,22-23,26-27,29-30H,12H2,(H2,25,32). The Morgan fingerprint density at radius 1 is 1.22 bits per heavy atom. The Bertz CT molecular complexity index is 1260. The van der Waals surface area contributed by atoms with Crippen molar-refractivity contribution in [2.24, 2.45) is 5.73 Å². The molecule has 0 radical (unpaired) electrons. The first-order chi connectivity index (χ1) is 15.6. The number of primary amides is 1. The van der Waals surface area contributed by atoms with Gasteiger partial charge in [-0.25, -0.2) is 9.07 Å². The zero-order valence-electron chi connectivity index (χ0n) is 17.0. The van der Waals surface area contributed by atoms with Gasteiger partial charge in [-0.05, 0) is 29.8 Å². The van der Waals surface area contributed by atoms with E-state index in [4.69, 9.17) is 5.73 Å². The quantitative estimate of drug-likeness (QED) is 0.422. The molecule has 2 aliphatic rings. The number of fused-ring (bicyclic) bond motifs is 1. The number of carbonyl (C=O) groups excluding carboxylic acids is 1. The van der Waals surface area contributed by atoms with Crippen LogP contribution in [-0.2, 0) is 6.54 Å². The molecule has 2 atom stereocenters. The van der Waals surface area contributed by atoms with Crippen molar-refractivity contribution in [3.63, 3.8) is 0 Å². The normalized spacial score (nSPS) is 19.9. The third-order valence-electron chi connectivity index (χ3n) is 5.45. The minimum absolute atomic E-state index is 0.0981. The van der Waals surface area contributed by atoms with Crippen molar-refractivity contribution in [1.82, 2.24) is 31.0 Å². The Kier molecular flexibility index (Phi) is 5.18. The van der Waals surface area contributed by atoms with Gasteiger partial charge in [0, 0.05) is 18.1 Å². The van der Waals surface area contributed by atoms with E-state index in [1.807, 2.05) is 42.6 Å². The van der Waals surface area contributed by atoms with Gasteiger partial charge in [0.1, 0.15) is 12.0 Å². The Hall–Kier alpha value is -3.95. The molecule has 0 saturated heterocycles. The second-order valence-electron chi connectivity index (χ2n) is 7.54. The molecule has 2 aromatic carbocycles. The molecule has 6 N–H and O–H groups in total. The van der Waals surface area contributed by atoms with Crippen molar-refractivity contribution in [2.75, 3.05) is 0 Å². The SMILES string of the molecule is NC(=O)c1cc(F)cc2c1cnn2C1NC2=C(NC=CC=C2)C(NCc2ccccc2)N1. The van der Waals surface area contributed by atoms with Gasteiger partial charge >= 0.3 is 0 Å². The van der Waals surface area contributed by atoms with Crippen LogP contribution < -0.4 is 27.0 Å². The lowest BCUT2D eigenvalue weighted by Gasteiger charge is -2.36. The van der Waals surface area contributed by atoms with Crippen LogP contribution in [0.2, 0.25) is 0 Å². The minimum atomic E-state index is -0.701. The first-order valence-electron chi connectivity index (χ1n) is 10.2. The summed E-state index contributed by atoms with van der Waals surface area (Å²) in [7, 11) is 0. The molecule has 9 heteroatoms. The van der Waals surface area contributed by atoms with Gasteiger partial charge < -0.3 is 16.4 Å². The predicted molar refractivity (Wildman–Crippen MR) is 119 cm³/mol. The van der Waals surface area contributed by atoms with Crippen LogP contribution in [0.1, 0.15) is 22.2 Å². The molecule has 1 amide bonds. The number of halogens is 1. The lowest BCUT2D eigenvalue weighted by Crippen LogP contribution is -2.57. The molecular weight excluding hydrogens is 409 g/mol. The van der Waals surface area contributed by atoms with E-state index in [0.29, 0.717) is 17.4 Å². The van der Waals surface area contributed by atoms with Crippen molar-refractivity contribution in [2.45, 2.75) is 19.0 Å². The van der Waals surface area contributed by atoms with Crippen LogP contribution in [0.15, 0.2) is 84.5 Å². The number of rotatable bonds is 5. The largest absolute Gasteiger partial charge is 0.366 e. The highest BCUT2D eigenvalue weighted by atomic mass is 19.1. The van der Waals surface area contributed by atoms with Crippen LogP contribution in [-0.4, -0.2) is 21.9 Å². The van der Waals surface area contributed by atoms with Gasteiger partial charge in [-0.1, -0.05) is 36.4 Å². The van der Waals surface area contributed by atoms with E-state index in [1.54, 1.807) is 4.68 Å². The van der Waals surface area contributed by atoms with Gasteiger partial charge in [0.15, 0.2) is 6.29 Å². The Morgan fingerprint density at radius 2 is 2.06 bits per heavy atom. The van der Waals surface area contributed by atoms with Crippen LogP contribution in [0.5, 0.6) is 0 Å². The lowest BCUT2D eigenvalue weighted by atomic mass is 10.1. The Balaban J connectivity index is 1.50. The minimum Gasteiger partial charge on any atom is -0.366 e. The maximum atomic E-state index is 14.2. The molecular formula is C23H22FN7O. The molecule has 8 nitrogen and oxygen atoms in total. The molecule has 2 aliphatic heterocycles. The molecule has 0 saturated carbocycles. The molecule has 0 aliphatic carbocycles. The highest BCUT2D eigenvalue weighted by molar-refractivity contribution is 6.05. The number of nitrogens with zero attached hydrogens (tertiary/aromatic N) is 2. The van der Waals surface area contributed by atoms with Crippen LogP contribution in [0, 0.1) is 5.82 Å². The Labute approximate surface area is 183 Å². The number of hydrogen-bond donors (Lipinski definition) is 5. The monoisotopic (exact) mass is 431 g/mol. The van der Waals surface area contributed by atoms with Crippen LogP contribution >= 0.6 is 0 Å². The number of carbonyl (C=O) groups is 1. The van der Waals surface area contributed by atoms with E-state index in [9.17, 15) is 9.18 Å². The van der Waals surface area contributed by atoms with E-state index >= 15 is 0 Å². The highest BCUT2D eigenvalue weighted by Crippen LogP contribution is 2.25. The summed E-state index contributed by atoms with van der Waals surface area (Å²) >= 11 is 0. The molecule has 3 heterocycles. The summed E-state index contributed by atoms with van der Waals surface area (Å²) in [4.78, 5) is 11.8. The second-order valence-corrected chi connectivity index (χ2v) is 7.54. The summed E-state index contributed by atoms with van der Waals surface area (Å²) in [5.74, 6) is -1.25. The van der Waals surface area contributed by atoms with E-state index in [-0.39, 0.29) is 11.7 Å². The topological polar surface area (TPSA) is 109 Å². The molecule has 2 unspecified atom stereocenters. The third kappa shape index (κ3) is 3.75. The van der Waals surface area contributed by atoms with E-state index in [0.717, 1.165) is 23.0 Å². The average molecular weight is 431 g/mol. The Morgan fingerprint density at radius 3 is 2.88 bits per heavy atom. The number of nitrogens with two attached hydrogens (primary N) is 1. The maximum Gasteiger partial charge on any atom is 0.249 e. The number of aromatic nitrogens is 2. The number of amides is 1. The van der Waals surface area contributed by atoms with Gasteiger partial charge in [-0.2, -0.15) is 5.10 Å². The van der Waals surface area contributed by atoms with Crippen LogP contribution in [0.25, 0.3) is 10.9 Å². The molecule has 5 rings (SSSR count). The summed E-state index contributed by atoms with van der Waals surface area (Å²) < 4.78 is 15.9. The average Bonchev–Trinajstić information content (AvgIpc) is 3.06. The molecule has 32 heavy (non-hydrogen) atoms. The van der Waals surface area contributed by atoms with Gasteiger partial charge in [0.25, 0.3) is 0 Å². The van der Waals surface area contributed by atoms with Crippen LogP contribution in [0.4, 0.5) is 4.39 Å². The molecule has 1 aromatic heterocycles. The molecule has 3 aromatic rings. The van der Waals surface area contributed by atoms with Crippen molar-refractivity contribution in [1.29, 1.82) is 0 Å². The maximum absolute atomic E-state index is 14.2. The fourth-order valence-electron chi connectivity index (χ4n) is 3.94. The predicted octanol–water partition coefficient (Wildman–Crippen LogP) is 1.92. The smallest absolute Gasteiger partial charge is 0.249 e. The molecule has 0 bridgehead atoms. The first kappa shape index (κ1) is 20.0. The number of benzene rings is 2. The summed E-state index contributed by atoms with van der Waals surface area (Å²) in [6, 6.07) is 12.6. The summed E-state index contributed by atoms with van der Waals surface area (Å²) in [5.41, 5.74) is 8.92.